The zero-order chi connectivity index (χ0) is 13.5. The predicted molar refractivity (Wildman–Crippen MR) is 72.5 cm³/mol. The van der Waals surface area contributed by atoms with Gasteiger partial charge in [-0.25, -0.2) is 0 Å². The molecule has 1 N–H and O–H groups in total. The normalized spacial score (nSPS) is 10.4. The van der Waals surface area contributed by atoms with Gasteiger partial charge in [-0.1, -0.05) is 11.6 Å². The van der Waals surface area contributed by atoms with Crippen LogP contribution < -0.4 is 4.74 Å². The van der Waals surface area contributed by atoms with E-state index in [0.717, 1.165) is 34.7 Å². The van der Waals surface area contributed by atoms with Crippen molar-refractivity contribution in [1.29, 1.82) is 0 Å². The Bertz CT molecular complexity index is 392. The number of aliphatic carboxylic acids is 1. The number of carboxylic acid groups (broad SMARTS) is 1. The van der Waals surface area contributed by atoms with E-state index >= 15 is 0 Å². The van der Waals surface area contributed by atoms with E-state index in [1.54, 1.807) is 0 Å². The second-order valence-corrected chi connectivity index (χ2v) is 4.80. The van der Waals surface area contributed by atoms with Crippen molar-refractivity contribution in [3.05, 3.63) is 28.3 Å². The van der Waals surface area contributed by atoms with Crippen molar-refractivity contribution >= 4 is 17.6 Å². The Morgan fingerprint density at radius 2 is 1.83 bits per heavy atom. The first-order chi connectivity index (χ1) is 8.50. The minimum atomic E-state index is -0.736. The molecule has 0 amide bonds. The van der Waals surface area contributed by atoms with Gasteiger partial charge in [0.05, 0.1) is 6.61 Å². The molecule has 4 heteroatoms. The summed E-state index contributed by atoms with van der Waals surface area (Å²) in [6.07, 6.45) is 2.68. The van der Waals surface area contributed by atoms with Crippen molar-refractivity contribution in [2.45, 2.75) is 39.5 Å². The van der Waals surface area contributed by atoms with E-state index in [2.05, 4.69) is 0 Å². The summed E-state index contributed by atoms with van der Waals surface area (Å²) in [7, 11) is 0. The molecule has 0 saturated heterocycles. The Morgan fingerprint density at radius 3 is 2.39 bits per heavy atom. The number of rotatable bonds is 7. The zero-order valence-corrected chi connectivity index (χ0v) is 11.6. The van der Waals surface area contributed by atoms with Gasteiger partial charge in [0.25, 0.3) is 0 Å². The fourth-order valence-electron chi connectivity index (χ4n) is 1.73. The zero-order valence-electron chi connectivity index (χ0n) is 10.8. The van der Waals surface area contributed by atoms with E-state index in [9.17, 15) is 4.79 Å². The predicted octanol–water partition coefficient (Wildman–Crippen LogP) is 3.98. The number of benzene rings is 1. The molecule has 0 radical (unpaired) electrons. The van der Waals surface area contributed by atoms with Gasteiger partial charge in [-0.3, -0.25) is 4.79 Å². The highest BCUT2D eigenvalue weighted by Gasteiger charge is 2.03. The van der Waals surface area contributed by atoms with Gasteiger partial charge in [0.1, 0.15) is 5.75 Å². The Labute approximate surface area is 113 Å². The van der Waals surface area contributed by atoms with E-state index in [1.807, 2.05) is 26.0 Å². The van der Waals surface area contributed by atoms with E-state index in [-0.39, 0.29) is 6.42 Å². The molecule has 0 aromatic heterocycles. The van der Waals surface area contributed by atoms with Crippen molar-refractivity contribution < 1.29 is 14.6 Å². The van der Waals surface area contributed by atoms with Crippen LogP contribution in [0.3, 0.4) is 0 Å². The molecule has 0 heterocycles. The van der Waals surface area contributed by atoms with Crippen LogP contribution in [0.4, 0.5) is 0 Å². The van der Waals surface area contributed by atoms with Crippen LogP contribution in [0.25, 0.3) is 0 Å². The minimum absolute atomic E-state index is 0.235. The number of hydrogen-bond donors (Lipinski definition) is 1. The highest BCUT2D eigenvalue weighted by atomic mass is 35.5. The van der Waals surface area contributed by atoms with Gasteiger partial charge in [0.15, 0.2) is 0 Å². The summed E-state index contributed by atoms with van der Waals surface area (Å²) in [4.78, 5) is 10.3. The quantitative estimate of drug-likeness (QED) is 0.762. The lowest BCUT2D eigenvalue weighted by Gasteiger charge is -2.09. The van der Waals surface area contributed by atoms with Crippen molar-refractivity contribution in [3.8, 4) is 5.75 Å². The standard InChI is InChI=1S/C14H19ClO3/c1-10-8-12(9-11(2)14(10)15)18-7-5-3-4-6-13(16)17/h8-9H,3-7H2,1-2H3,(H,16,17). The second-order valence-electron chi connectivity index (χ2n) is 4.42. The Morgan fingerprint density at radius 1 is 1.22 bits per heavy atom. The fourth-order valence-corrected chi connectivity index (χ4v) is 1.84. The van der Waals surface area contributed by atoms with E-state index in [1.165, 1.54) is 0 Å². The molecule has 0 aliphatic heterocycles. The van der Waals surface area contributed by atoms with Crippen LogP contribution >= 0.6 is 11.6 Å². The van der Waals surface area contributed by atoms with Crippen LogP contribution in [-0.4, -0.2) is 17.7 Å². The summed E-state index contributed by atoms with van der Waals surface area (Å²) >= 11 is 6.07. The Hall–Kier alpha value is -1.22. The lowest BCUT2D eigenvalue weighted by atomic mass is 10.1. The van der Waals surface area contributed by atoms with Gasteiger partial charge >= 0.3 is 5.97 Å². The molecule has 1 aromatic carbocycles. The van der Waals surface area contributed by atoms with Crippen LogP contribution in [0, 0.1) is 13.8 Å². The number of carboxylic acids is 1. The number of ether oxygens (including phenoxy) is 1. The lowest BCUT2D eigenvalue weighted by Crippen LogP contribution is -1.99. The van der Waals surface area contributed by atoms with Crippen LogP contribution in [-0.2, 0) is 4.79 Å². The largest absolute Gasteiger partial charge is 0.494 e. The maximum absolute atomic E-state index is 10.3. The van der Waals surface area contributed by atoms with Crippen LogP contribution in [0.1, 0.15) is 36.8 Å². The summed E-state index contributed by atoms with van der Waals surface area (Å²) in [6.45, 7) is 4.52. The third-order valence-corrected chi connectivity index (χ3v) is 3.31. The average molecular weight is 271 g/mol. The molecule has 1 rings (SSSR count). The van der Waals surface area contributed by atoms with E-state index < -0.39 is 5.97 Å². The third kappa shape index (κ3) is 4.96. The highest BCUT2D eigenvalue weighted by molar-refractivity contribution is 6.32. The summed E-state index contributed by atoms with van der Waals surface area (Å²) in [6, 6.07) is 3.85. The van der Waals surface area contributed by atoms with Gasteiger partial charge in [-0.15, -0.1) is 0 Å². The van der Waals surface area contributed by atoms with Gasteiger partial charge in [-0.05, 0) is 56.4 Å². The fraction of sp³-hybridized carbons (Fsp3) is 0.500. The maximum atomic E-state index is 10.3. The molecule has 18 heavy (non-hydrogen) atoms. The average Bonchev–Trinajstić information content (AvgIpc) is 2.30. The minimum Gasteiger partial charge on any atom is -0.494 e. The van der Waals surface area contributed by atoms with Crippen molar-refractivity contribution in [1.82, 2.24) is 0 Å². The van der Waals surface area contributed by atoms with Crippen LogP contribution in [0.2, 0.25) is 5.02 Å². The number of hydrogen-bond acceptors (Lipinski definition) is 2. The topological polar surface area (TPSA) is 46.5 Å². The number of unbranched alkanes of at least 4 members (excludes halogenated alkanes) is 2. The Kier molecular flexibility index (Phi) is 5.99. The number of halogens is 1. The molecular weight excluding hydrogens is 252 g/mol. The molecule has 3 nitrogen and oxygen atoms in total. The first-order valence-corrected chi connectivity index (χ1v) is 6.50. The van der Waals surface area contributed by atoms with Gasteiger partial charge in [0.2, 0.25) is 0 Å². The molecule has 1 aromatic rings. The molecule has 0 unspecified atom stereocenters. The first kappa shape index (κ1) is 14.8. The molecule has 0 aliphatic rings. The van der Waals surface area contributed by atoms with Crippen molar-refractivity contribution in [2.24, 2.45) is 0 Å². The highest BCUT2D eigenvalue weighted by Crippen LogP contribution is 2.25. The van der Waals surface area contributed by atoms with Crippen LogP contribution in [0.15, 0.2) is 12.1 Å². The number of carbonyl (C=O) groups is 1. The maximum Gasteiger partial charge on any atom is 0.303 e. The molecule has 0 spiro atoms. The summed E-state index contributed by atoms with van der Waals surface area (Å²) < 4.78 is 5.62. The van der Waals surface area contributed by atoms with Gasteiger partial charge < -0.3 is 9.84 Å². The lowest BCUT2D eigenvalue weighted by molar-refractivity contribution is -0.137. The first-order valence-electron chi connectivity index (χ1n) is 6.12. The molecule has 0 bridgehead atoms. The van der Waals surface area contributed by atoms with E-state index in [4.69, 9.17) is 21.4 Å². The summed E-state index contributed by atoms with van der Waals surface area (Å²) in [5, 5.41) is 9.27. The van der Waals surface area contributed by atoms with Crippen LogP contribution in [0.5, 0.6) is 5.75 Å². The summed E-state index contributed by atoms with van der Waals surface area (Å²) in [5.74, 6) is 0.0903. The van der Waals surface area contributed by atoms with Gasteiger partial charge in [-0.2, -0.15) is 0 Å². The molecule has 0 atom stereocenters. The second kappa shape index (κ2) is 7.27. The smallest absolute Gasteiger partial charge is 0.303 e. The SMILES string of the molecule is Cc1cc(OCCCCCC(=O)O)cc(C)c1Cl. The summed E-state index contributed by atoms with van der Waals surface area (Å²) in [5.41, 5.74) is 2.02. The molecule has 100 valence electrons. The molecule has 0 saturated carbocycles. The van der Waals surface area contributed by atoms with Crippen molar-refractivity contribution in [2.75, 3.05) is 6.61 Å². The Balaban J connectivity index is 2.29. The van der Waals surface area contributed by atoms with Gasteiger partial charge in [0, 0.05) is 11.4 Å². The molecule has 0 fully saturated rings. The molecular formula is C14H19ClO3. The van der Waals surface area contributed by atoms with Crippen molar-refractivity contribution in [3.63, 3.8) is 0 Å². The molecule has 0 aliphatic carbocycles. The third-order valence-electron chi connectivity index (χ3n) is 2.71. The number of aryl methyl sites for hydroxylation is 2. The monoisotopic (exact) mass is 270 g/mol. The van der Waals surface area contributed by atoms with E-state index in [0.29, 0.717) is 13.0 Å².